The molecule has 8 heteroatoms. The van der Waals surface area contributed by atoms with Gasteiger partial charge in [-0.15, -0.1) is 0 Å². The summed E-state index contributed by atoms with van der Waals surface area (Å²) in [5.74, 6) is -0.452. The van der Waals surface area contributed by atoms with Gasteiger partial charge in [-0.25, -0.2) is 14.9 Å². The minimum absolute atomic E-state index is 0.0821. The Labute approximate surface area is 160 Å². The van der Waals surface area contributed by atoms with E-state index < -0.39 is 17.6 Å². The number of hydroxylamine groups is 2. The Morgan fingerprint density at radius 3 is 2.59 bits per heavy atom. The number of rotatable bonds is 6. The third kappa shape index (κ3) is 6.23. The first kappa shape index (κ1) is 21.2. The molecule has 0 spiro atoms. The van der Waals surface area contributed by atoms with E-state index in [1.54, 1.807) is 27.0 Å². The number of hydrogen-bond acceptors (Lipinski definition) is 5. The Morgan fingerprint density at radius 2 is 2.00 bits per heavy atom. The highest BCUT2D eigenvalue weighted by Gasteiger charge is 2.35. The third-order valence-electron chi connectivity index (χ3n) is 4.82. The van der Waals surface area contributed by atoms with Crippen LogP contribution in [0, 0.1) is 11.8 Å². The van der Waals surface area contributed by atoms with Gasteiger partial charge in [0.2, 0.25) is 12.3 Å². The van der Waals surface area contributed by atoms with Crippen LogP contribution < -0.4 is 0 Å². The van der Waals surface area contributed by atoms with E-state index in [4.69, 9.17) is 4.74 Å². The summed E-state index contributed by atoms with van der Waals surface area (Å²) in [7, 11) is 0. The number of carbonyl (C=O) groups excluding carboxylic acids is 3. The minimum atomic E-state index is -0.681. The predicted octanol–water partition coefficient (Wildman–Crippen LogP) is 2.93. The third-order valence-corrected chi connectivity index (χ3v) is 4.82. The lowest BCUT2D eigenvalue weighted by Gasteiger charge is -2.38. The van der Waals surface area contributed by atoms with E-state index in [-0.39, 0.29) is 12.5 Å². The van der Waals surface area contributed by atoms with Gasteiger partial charge in [0.25, 0.3) is 0 Å². The second-order valence-corrected chi connectivity index (χ2v) is 8.27. The molecule has 3 amide bonds. The molecule has 152 valence electrons. The van der Waals surface area contributed by atoms with Crippen LogP contribution in [-0.4, -0.2) is 57.4 Å². The lowest BCUT2D eigenvalue weighted by molar-refractivity contribution is -0.162. The highest BCUT2D eigenvalue weighted by molar-refractivity contribution is 5.82. The molecule has 0 aromatic heterocycles. The van der Waals surface area contributed by atoms with Gasteiger partial charge in [-0.3, -0.25) is 14.8 Å². The molecule has 0 saturated heterocycles. The molecule has 1 aliphatic carbocycles. The van der Waals surface area contributed by atoms with Gasteiger partial charge in [-0.05, 0) is 39.5 Å². The zero-order valence-corrected chi connectivity index (χ0v) is 16.5. The summed E-state index contributed by atoms with van der Waals surface area (Å²) < 4.78 is 5.40. The zero-order chi connectivity index (χ0) is 20.0. The molecule has 1 N–H and O–H groups in total. The Kier molecular flexibility index (Phi) is 7.24. The van der Waals surface area contributed by atoms with Gasteiger partial charge >= 0.3 is 6.09 Å². The number of hydrazine groups is 1. The van der Waals surface area contributed by atoms with Crippen LogP contribution in [-0.2, 0) is 14.3 Å². The highest BCUT2D eigenvalue weighted by atomic mass is 16.6. The van der Waals surface area contributed by atoms with Crippen molar-refractivity contribution in [3.8, 4) is 0 Å². The minimum Gasteiger partial charge on any atom is -0.442 e. The second kappa shape index (κ2) is 9.21. The predicted molar refractivity (Wildman–Crippen MR) is 98.2 cm³/mol. The summed E-state index contributed by atoms with van der Waals surface area (Å²) in [6, 6.07) is 0. The van der Waals surface area contributed by atoms with Crippen LogP contribution in [0.4, 0.5) is 4.79 Å². The van der Waals surface area contributed by atoms with Crippen LogP contribution in [0.25, 0.3) is 0 Å². The maximum absolute atomic E-state index is 13.2. The molecule has 0 bridgehead atoms. The molecule has 0 aromatic rings. The fourth-order valence-electron chi connectivity index (χ4n) is 3.63. The SMILES string of the molecule is CC(C)(C)OC(=O)N1C=CCCN1C(=O)[C@H](CC1CCCC1)CN(O)C=O. The average Bonchev–Trinajstić information content (AvgIpc) is 3.12. The van der Waals surface area contributed by atoms with Gasteiger partial charge < -0.3 is 4.74 Å². The zero-order valence-electron chi connectivity index (χ0n) is 16.5. The van der Waals surface area contributed by atoms with Crippen molar-refractivity contribution in [3.05, 3.63) is 12.3 Å². The summed E-state index contributed by atoms with van der Waals surface area (Å²) in [4.78, 5) is 36.6. The molecule has 1 aliphatic heterocycles. The van der Waals surface area contributed by atoms with Crippen molar-refractivity contribution in [3.63, 3.8) is 0 Å². The van der Waals surface area contributed by atoms with Crippen molar-refractivity contribution in [1.29, 1.82) is 0 Å². The van der Waals surface area contributed by atoms with E-state index in [1.807, 2.05) is 6.08 Å². The van der Waals surface area contributed by atoms with Gasteiger partial charge in [-0.1, -0.05) is 31.8 Å². The molecule has 2 aliphatic rings. The summed E-state index contributed by atoms with van der Waals surface area (Å²) in [6.07, 6.45) is 8.61. The van der Waals surface area contributed by atoms with Crippen molar-refractivity contribution in [2.45, 2.75) is 64.9 Å². The lowest BCUT2D eigenvalue weighted by atomic mass is 9.92. The van der Waals surface area contributed by atoms with E-state index in [0.717, 1.165) is 25.7 Å². The molecule has 1 heterocycles. The molecule has 0 unspecified atom stereocenters. The molecule has 1 saturated carbocycles. The number of carbonyl (C=O) groups is 3. The van der Waals surface area contributed by atoms with Crippen molar-refractivity contribution in [2.75, 3.05) is 13.1 Å². The second-order valence-electron chi connectivity index (χ2n) is 8.27. The maximum Gasteiger partial charge on any atom is 0.433 e. The first-order valence-electron chi connectivity index (χ1n) is 9.62. The molecular formula is C19H31N3O5. The van der Waals surface area contributed by atoms with Crippen molar-refractivity contribution >= 4 is 18.4 Å². The van der Waals surface area contributed by atoms with Crippen LogP contribution in [0.3, 0.4) is 0 Å². The number of nitrogens with zero attached hydrogens (tertiary/aromatic N) is 3. The van der Waals surface area contributed by atoms with Crippen LogP contribution in [0.2, 0.25) is 0 Å². The molecular weight excluding hydrogens is 350 g/mol. The molecule has 0 radical (unpaired) electrons. The smallest absolute Gasteiger partial charge is 0.433 e. The van der Waals surface area contributed by atoms with E-state index >= 15 is 0 Å². The van der Waals surface area contributed by atoms with Gasteiger partial charge in [0.05, 0.1) is 12.5 Å². The van der Waals surface area contributed by atoms with E-state index in [1.165, 1.54) is 10.0 Å². The number of amides is 3. The summed E-state index contributed by atoms with van der Waals surface area (Å²) in [5.41, 5.74) is -0.681. The maximum atomic E-state index is 13.2. The summed E-state index contributed by atoms with van der Waals surface area (Å²) in [6.45, 7) is 5.56. The van der Waals surface area contributed by atoms with Crippen molar-refractivity contribution in [1.82, 2.24) is 15.1 Å². The first-order valence-corrected chi connectivity index (χ1v) is 9.62. The Hall–Kier alpha value is -2.09. The molecule has 0 aromatic carbocycles. The topological polar surface area (TPSA) is 90.4 Å². The quantitative estimate of drug-likeness (QED) is 0.434. The number of ether oxygens (including phenoxy) is 1. The largest absolute Gasteiger partial charge is 0.442 e. The molecule has 2 rings (SSSR count). The van der Waals surface area contributed by atoms with Gasteiger partial charge in [0, 0.05) is 12.7 Å². The summed E-state index contributed by atoms with van der Waals surface area (Å²) in [5, 5.41) is 12.7. The Morgan fingerprint density at radius 1 is 1.33 bits per heavy atom. The normalized spacial score (nSPS) is 19.1. The fourth-order valence-corrected chi connectivity index (χ4v) is 3.63. The summed E-state index contributed by atoms with van der Waals surface area (Å²) >= 11 is 0. The van der Waals surface area contributed by atoms with Gasteiger partial charge in [0.1, 0.15) is 5.60 Å². The molecule has 1 atom stereocenters. The van der Waals surface area contributed by atoms with E-state index in [0.29, 0.717) is 36.8 Å². The molecule has 8 nitrogen and oxygen atoms in total. The Bertz CT molecular complexity index is 566. The van der Waals surface area contributed by atoms with Crippen LogP contribution in [0.15, 0.2) is 12.3 Å². The fraction of sp³-hybridized carbons (Fsp3) is 0.737. The lowest BCUT2D eigenvalue weighted by Crippen LogP contribution is -2.53. The first-order chi connectivity index (χ1) is 12.7. The van der Waals surface area contributed by atoms with Gasteiger partial charge in [-0.2, -0.15) is 5.01 Å². The Balaban J connectivity index is 2.15. The van der Waals surface area contributed by atoms with Crippen molar-refractivity contribution in [2.24, 2.45) is 11.8 Å². The molecule has 1 fully saturated rings. The van der Waals surface area contributed by atoms with Crippen LogP contribution in [0.1, 0.15) is 59.3 Å². The van der Waals surface area contributed by atoms with Gasteiger partial charge in [0.15, 0.2) is 0 Å². The molecule has 27 heavy (non-hydrogen) atoms. The average molecular weight is 381 g/mol. The van der Waals surface area contributed by atoms with Crippen LogP contribution in [0.5, 0.6) is 0 Å². The monoisotopic (exact) mass is 381 g/mol. The van der Waals surface area contributed by atoms with Crippen LogP contribution >= 0.6 is 0 Å². The number of hydrogen-bond donors (Lipinski definition) is 1. The highest BCUT2D eigenvalue weighted by Crippen LogP contribution is 2.32. The van der Waals surface area contributed by atoms with E-state index in [9.17, 15) is 19.6 Å². The van der Waals surface area contributed by atoms with Crippen molar-refractivity contribution < 1.29 is 24.3 Å². The van der Waals surface area contributed by atoms with E-state index in [2.05, 4.69) is 0 Å². The standard InChI is InChI=1S/C19H31N3O5/c1-19(2,3)27-18(25)22-11-7-6-10-21(22)17(24)16(13-20(26)14-23)12-15-8-4-5-9-15/h7,11,14-16,26H,4-6,8-10,12-13H2,1-3H3/t16-/m1/s1.